The van der Waals surface area contributed by atoms with E-state index in [9.17, 15) is 10.1 Å². The van der Waals surface area contributed by atoms with Crippen molar-refractivity contribution in [3.8, 4) is 5.75 Å². The van der Waals surface area contributed by atoms with Gasteiger partial charge in [-0.25, -0.2) is 0 Å². The van der Waals surface area contributed by atoms with Crippen molar-refractivity contribution in [1.29, 1.82) is 0 Å². The first kappa shape index (κ1) is 16.4. The Morgan fingerprint density at radius 1 is 1.35 bits per heavy atom. The van der Waals surface area contributed by atoms with Gasteiger partial charge < -0.3 is 10.1 Å². The maximum atomic E-state index is 11.0. The second-order valence-electron chi connectivity index (χ2n) is 4.85. The summed E-state index contributed by atoms with van der Waals surface area (Å²) < 4.78 is 5.01. The number of nitro benzene ring substituents is 1. The molecule has 1 atom stereocenters. The average molecular weight is 280 g/mol. The van der Waals surface area contributed by atoms with E-state index in [1.165, 1.54) is 7.11 Å². The number of nitro groups is 1. The Hall–Kier alpha value is -1.62. The molecule has 112 valence electrons. The van der Waals surface area contributed by atoms with E-state index in [0.717, 1.165) is 37.8 Å². The minimum absolute atomic E-state index is 0.0421. The molecule has 1 unspecified atom stereocenters. The van der Waals surface area contributed by atoms with Gasteiger partial charge in [0.2, 0.25) is 0 Å². The molecule has 0 bridgehead atoms. The molecule has 0 aliphatic heterocycles. The Bertz CT molecular complexity index is 429. The molecule has 0 aliphatic carbocycles. The van der Waals surface area contributed by atoms with E-state index in [-0.39, 0.29) is 5.69 Å². The molecule has 0 radical (unpaired) electrons. The Morgan fingerprint density at radius 3 is 2.65 bits per heavy atom. The average Bonchev–Trinajstić information content (AvgIpc) is 2.45. The van der Waals surface area contributed by atoms with Gasteiger partial charge in [-0.3, -0.25) is 10.1 Å². The van der Waals surface area contributed by atoms with Crippen LogP contribution in [0, 0.1) is 10.1 Å². The summed E-state index contributed by atoms with van der Waals surface area (Å²) in [5.41, 5.74) is 1.02. The molecule has 0 spiro atoms. The number of methoxy groups -OCH3 is 1. The predicted molar refractivity (Wildman–Crippen MR) is 80.3 cm³/mol. The fourth-order valence-electron chi connectivity index (χ4n) is 2.36. The summed E-state index contributed by atoms with van der Waals surface area (Å²) in [6.07, 6.45) is 4.10. The number of nitrogens with one attached hydrogen (secondary N) is 1. The molecule has 20 heavy (non-hydrogen) atoms. The molecule has 0 saturated heterocycles. The summed E-state index contributed by atoms with van der Waals surface area (Å²) in [5.74, 6) is 0.315. The standard InChI is InChI=1S/C15H24N2O3/c1-4-6-13(16-5-2)9-7-12-8-10-15(20-3)14(11-12)17(18)19/h8,10-11,13,16H,4-7,9H2,1-3H3. The lowest BCUT2D eigenvalue weighted by Gasteiger charge is -2.17. The first-order chi connectivity index (χ1) is 9.62. The maximum absolute atomic E-state index is 11.0. The number of aryl methyl sites for hydroxylation is 1. The molecule has 1 aromatic carbocycles. The Labute approximate surface area is 120 Å². The summed E-state index contributed by atoms with van der Waals surface area (Å²) in [6.45, 7) is 5.22. The van der Waals surface area contributed by atoms with E-state index in [1.54, 1.807) is 12.1 Å². The molecule has 0 fully saturated rings. The molecule has 1 rings (SSSR count). The van der Waals surface area contributed by atoms with Gasteiger partial charge in [0.05, 0.1) is 12.0 Å². The predicted octanol–water partition coefficient (Wildman–Crippen LogP) is 3.31. The van der Waals surface area contributed by atoms with E-state index in [2.05, 4.69) is 19.2 Å². The van der Waals surface area contributed by atoms with Gasteiger partial charge in [0.25, 0.3) is 0 Å². The molecular formula is C15H24N2O3. The molecule has 0 saturated carbocycles. The molecule has 0 amide bonds. The van der Waals surface area contributed by atoms with Crippen LogP contribution in [0.2, 0.25) is 0 Å². The monoisotopic (exact) mass is 280 g/mol. The van der Waals surface area contributed by atoms with Crippen molar-refractivity contribution in [2.45, 2.75) is 45.6 Å². The van der Waals surface area contributed by atoms with Crippen molar-refractivity contribution in [3.63, 3.8) is 0 Å². The van der Waals surface area contributed by atoms with E-state index < -0.39 is 4.92 Å². The molecule has 0 heterocycles. The van der Waals surface area contributed by atoms with Gasteiger partial charge in [-0.15, -0.1) is 0 Å². The van der Waals surface area contributed by atoms with Crippen LogP contribution in [0.5, 0.6) is 5.75 Å². The zero-order valence-corrected chi connectivity index (χ0v) is 12.5. The van der Waals surface area contributed by atoms with Crippen LogP contribution in [0.4, 0.5) is 5.69 Å². The number of rotatable bonds is 9. The maximum Gasteiger partial charge on any atom is 0.311 e. The minimum Gasteiger partial charge on any atom is -0.490 e. The third kappa shape index (κ3) is 4.81. The smallest absolute Gasteiger partial charge is 0.311 e. The van der Waals surface area contributed by atoms with Crippen molar-refractivity contribution in [2.75, 3.05) is 13.7 Å². The van der Waals surface area contributed by atoms with Crippen LogP contribution in [-0.2, 0) is 6.42 Å². The van der Waals surface area contributed by atoms with Crippen LogP contribution >= 0.6 is 0 Å². The summed E-state index contributed by atoms with van der Waals surface area (Å²) in [6, 6.07) is 5.68. The molecule has 5 nitrogen and oxygen atoms in total. The van der Waals surface area contributed by atoms with Crippen LogP contribution in [0.25, 0.3) is 0 Å². The molecule has 1 N–H and O–H groups in total. The van der Waals surface area contributed by atoms with Crippen molar-refractivity contribution in [3.05, 3.63) is 33.9 Å². The van der Waals surface area contributed by atoms with Gasteiger partial charge in [-0.2, -0.15) is 0 Å². The van der Waals surface area contributed by atoms with Crippen molar-refractivity contribution in [1.82, 2.24) is 5.32 Å². The second kappa shape index (κ2) is 8.53. The fourth-order valence-corrected chi connectivity index (χ4v) is 2.36. The number of hydrogen-bond donors (Lipinski definition) is 1. The molecular weight excluding hydrogens is 256 g/mol. The fraction of sp³-hybridized carbons (Fsp3) is 0.600. The number of hydrogen-bond acceptors (Lipinski definition) is 4. The number of nitrogens with zero attached hydrogens (tertiary/aromatic N) is 1. The zero-order chi connectivity index (χ0) is 15.0. The normalized spacial score (nSPS) is 12.2. The van der Waals surface area contributed by atoms with E-state index in [0.29, 0.717) is 11.8 Å². The van der Waals surface area contributed by atoms with Gasteiger partial charge in [-0.1, -0.05) is 26.3 Å². The van der Waals surface area contributed by atoms with Gasteiger partial charge in [0.15, 0.2) is 5.75 Å². The Kier molecular flexibility index (Phi) is 7.01. The van der Waals surface area contributed by atoms with Crippen molar-refractivity contribution >= 4 is 5.69 Å². The highest BCUT2D eigenvalue weighted by molar-refractivity contribution is 5.48. The molecule has 0 aromatic heterocycles. The third-order valence-corrected chi connectivity index (χ3v) is 3.35. The highest BCUT2D eigenvalue weighted by Crippen LogP contribution is 2.28. The molecule has 0 aliphatic rings. The minimum atomic E-state index is -0.393. The zero-order valence-electron chi connectivity index (χ0n) is 12.5. The first-order valence-corrected chi connectivity index (χ1v) is 7.17. The van der Waals surface area contributed by atoms with E-state index in [1.807, 2.05) is 6.07 Å². The highest BCUT2D eigenvalue weighted by atomic mass is 16.6. The summed E-state index contributed by atoms with van der Waals surface area (Å²) >= 11 is 0. The third-order valence-electron chi connectivity index (χ3n) is 3.35. The van der Waals surface area contributed by atoms with Gasteiger partial charge >= 0.3 is 5.69 Å². The lowest BCUT2D eigenvalue weighted by atomic mass is 10.0. The SMILES string of the molecule is CCCC(CCc1ccc(OC)c([N+](=O)[O-])c1)NCC. The van der Waals surface area contributed by atoms with E-state index in [4.69, 9.17) is 4.74 Å². The first-order valence-electron chi connectivity index (χ1n) is 7.17. The van der Waals surface area contributed by atoms with E-state index >= 15 is 0 Å². The Morgan fingerprint density at radius 2 is 2.10 bits per heavy atom. The highest BCUT2D eigenvalue weighted by Gasteiger charge is 2.15. The van der Waals surface area contributed by atoms with Crippen molar-refractivity contribution < 1.29 is 9.66 Å². The molecule has 1 aromatic rings. The van der Waals surface area contributed by atoms with Gasteiger partial charge in [0.1, 0.15) is 0 Å². The summed E-state index contributed by atoms with van der Waals surface area (Å²) in [7, 11) is 1.45. The van der Waals surface area contributed by atoms with Gasteiger partial charge in [-0.05, 0) is 37.4 Å². The lowest BCUT2D eigenvalue weighted by molar-refractivity contribution is -0.385. The second-order valence-corrected chi connectivity index (χ2v) is 4.85. The van der Waals surface area contributed by atoms with Crippen LogP contribution < -0.4 is 10.1 Å². The lowest BCUT2D eigenvalue weighted by Crippen LogP contribution is -2.29. The van der Waals surface area contributed by atoms with Crippen LogP contribution in [0.15, 0.2) is 18.2 Å². The summed E-state index contributed by atoms with van der Waals surface area (Å²) in [4.78, 5) is 10.6. The van der Waals surface area contributed by atoms with Crippen LogP contribution in [0.3, 0.4) is 0 Å². The Balaban J connectivity index is 2.72. The number of ether oxygens (including phenoxy) is 1. The largest absolute Gasteiger partial charge is 0.490 e. The van der Waals surface area contributed by atoms with Crippen LogP contribution in [-0.4, -0.2) is 24.6 Å². The number of benzene rings is 1. The van der Waals surface area contributed by atoms with Crippen LogP contribution in [0.1, 0.15) is 38.7 Å². The molecule has 5 heteroatoms. The topological polar surface area (TPSA) is 64.4 Å². The quantitative estimate of drug-likeness (QED) is 0.556. The van der Waals surface area contributed by atoms with Gasteiger partial charge in [0, 0.05) is 12.1 Å². The summed E-state index contributed by atoms with van der Waals surface area (Å²) in [5, 5.41) is 14.4. The van der Waals surface area contributed by atoms with Crippen molar-refractivity contribution in [2.24, 2.45) is 0 Å².